The molecule has 3 fully saturated rings. The largest absolute Gasteiger partial charge is 0.378 e. The molecule has 6 rings (SSSR count). The molecule has 0 aliphatic carbocycles. The second-order valence-corrected chi connectivity index (χ2v) is 9.77. The van der Waals surface area contributed by atoms with Gasteiger partial charge in [0.2, 0.25) is 11.9 Å². The number of aromatic nitrogens is 6. The van der Waals surface area contributed by atoms with Crippen LogP contribution in [0.2, 0.25) is 0 Å². The summed E-state index contributed by atoms with van der Waals surface area (Å²) in [5, 5.41) is 7.26. The smallest absolute Gasteiger partial charge is 0.333 e. The molecule has 3 saturated heterocycles. The monoisotopic (exact) mass is 513 g/mol. The lowest BCUT2D eigenvalue weighted by Gasteiger charge is -2.38. The number of fused-ring (bicyclic) bond motifs is 3. The van der Waals surface area contributed by atoms with Crippen LogP contribution in [0.3, 0.4) is 0 Å². The number of carbonyl (C=O) groups is 1. The summed E-state index contributed by atoms with van der Waals surface area (Å²) in [4.78, 5) is 30.5. The molecule has 2 bridgehead atoms. The Labute approximate surface area is 212 Å². The highest BCUT2D eigenvalue weighted by Gasteiger charge is 2.42. The van der Waals surface area contributed by atoms with Crippen LogP contribution >= 0.6 is 0 Å². The number of halogens is 2. The predicted octanol–water partition coefficient (Wildman–Crippen LogP) is 2.61. The highest BCUT2D eigenvalue weighted by atomic mass is 19.3. The Kier molecular flexibility index (Phi) is 6.22. The third-order valence-electron chi connectivity index (χ3n) is 7.56. The molecule has 37 heavy (non-hydrogen) atoms. The Morgan fingerprint density at radius 3 is 2.65 bits per heavy atom. The molecule has 11 nitrogen and oxygen atoms in total. The van der Waals surface area contributed by atoms with E-state index in [1.54, 1.807) is 10.9 Å². The van der Waals surface area contributed by atoms with Crippen LogP contribution in [0.1, 0.15) is 32.2 Å². The van der Waals surface area contributed by atoms with E-state index in [0.29, 0.717) is 72.1 Å². The Bertz CT molecular complexity index is 1290. The zero-order valence-electron chi connectivity index (χ0n) is 20.3. The molecule has 0 spiro atoms. The first kappa shape index (κ1) is 23.8. The van der Waals surface area contributed by atoms with E-state index in [4.69, 9.17) is 14.7 Å². The van der Waals surface area contributed by atoms with Gasteiger partial charge in [-0.05, 0) is 37.7 Å². The van der Waals surface area contributed by atoms with E-state index >= 15 is 0 Å². The van der Waals surface area contributed by atoms with E-state index in [1.807, 2.05) is 9.80 Å². The molecule has 2 unspecified atom stereocenters. The number of anilines is 2. The van der Waals surface area contributed by atoms with Crippen molar-refractivity contribution in [2.24, 2.45) is 5.92 Å². The molecule has 13 heteroatoms. The van der Waals surface area contributed by atoms with Gasteiger partial charge < -0.3 is 19.9 Å². The third-order valence-corrected chi connectivity index (χ3v) is 7.56. The highest BCUT2D eigenvalue weighted by molar-refractivity contribution is 5.88. The fourth-order valence-corrected chi connectivity index (χ4v) is 5.83. The maximum atomic E-state index is 13.1. The van der Waals surface area contributed by atoms with Crippen molar-refractivity contribution in [3.05, 3.63) is 31.4 Å². The van der Waals surface area contributed by atoms with E-state index in [-0.39, 0.29) is 18.0 Å². The number of carbonyl (C=O) groups excluding carboxylic acids is 1. The molecular weight excluding hydrogens is 484 g/mol. The van der Waals surface area contributed by atoms with Crippen LogP contribution in [-0.2, 0) is 9.53 Å². The lowest BCUT2D eigenvalue weighted by Crippen LogP contribution is -2.47. The fraction of sp³-hybridized carbons (Fsp3) is 0.542. The van der Waals surface area contributed by atoms with Crippen LogP contribution in [0.25, 0.3) is 16.9 Å². The van der Waals surface area contributed by atoms with Gasteiger partial charge in [0.25, 0.3) is 0 Å². The second kappa shape index (κ2) is 9.69. The number of alkyl halides is 2. The Morgan fingerprint density at radius 1 is 1.22 bits per heavy atom. The van der Waals surface area contributed by atoms with Gasteiger partial charge in [-0.1, -0.05) is 6.58 Å². The van der Waals surface area contributed by atoms with Gasteiger partial charge in [-0.3, -0.25) is 9.36 Å². The number of nitrogens with one attached hydrogen (secondary N) is 1. The first-order valence-electron chi connectivity index (χ1n) is 12.6. The van der Waals surface area contributed by atoms with Gasteiger partial charge in [0, 0.05) is 31.7 Å². The van der Waals surface area contributed by atoms with Crippen LogP contribution in [0.4, 0.5) is 20.5 Å². The summed E-state index contributed by atoms with van der Waals surface area (Å²) in [6.07, 6.45) is 9.50. The average Bonchev–Trinajstić information content (AvgIpc) is 3.63. The van der Waals surface area contributed by atoms with Crippen LogP contribution < -0.4 is 10.2 Å². The summed E-state index contributed by atoms with van der Waals surface area (Å²) in [7, 11) is 0. The molecule has 3 aromatic heterocycles. The summed E-state index contributed by atoms with van der Waals surface area (Å²) in [5.41, 5.74) is 1.51. The zero-order valence-corrected chi connectivity index (χ0v) is 20.3. The first-order valence-corrected chi connectivity index (χ1v) is 12.6. The van der Waals surface area contributed by atoms with Crippen molar-refractivity contribution in [3.63, 3.8) is 0 Å². The Hall–Kier alpha value is -3.61. The molecule has 196 valence electrons. The van der Waals surface area contributed by atoms with E-state index in [0.717, 1.165) is 25.7 Å². The predicted molar refractivity (Wildman–Crippen MR) is 132 cm³/mol. The van der Waals surface area contributed by atoms with Crippen molar-refractivity contribution in [1.82, 2.24) is 34.2 Å². The molecule has 0 saturated carbocycles. The van der Waals surface area contributed by atoms with Crippen molar-refractivity contribution in [1.29, 1.82) is 0 Å². The lowest BCUT2D eigenvalue weighted by atomic mass is 9.90. The van der Waals surface area contributed by atoms with Gasteiger partial charge in [-0.25, -0.2) is 9.67 Å². The molecule has 3 atom stereocenters. The number of hydrogen-bond acceptors (Lipinski definition) is 8. The summed E-state index contributed by atoms with van der Waals surface area (Å²) in [6, 6.07) is 0.493. The lowest BCUT2D eigenvalue weighted by molar-refractivity contribution is -0.130. The minimum absolute atomic E-state index is 0.0206. The summed E-state index contributed by atoms with van der Waals surface area (Å²) < 4.78 is 34.0. The van der Waals surface area contributed by atoms with Crippen molar-refractivity contribution in [2.75, 3.05) is 43.1 Å². The van der Waals surface area contributed by atoms with Crippen LogP contribution in [-0.4, -0.2) is 85.0 Å². The van der Waals surface area contributed by atoms with E-state index in [2.05, 4.69) is 22.0 Å². The summed E-state index contributed by atoms with van der Waals surface area (Å²) in [6.45, 7) is 4.08. The van der Waals surface area contributed by atoms with Gasteiger partial charge in [0.1, 0.15) is 6.33 Å². The van der Waals surface area contributed by atoms with Gasteiger partial charge in [0.15, 0.2) is 17.0 Å². The maximum Gasteiger partial charge on any atom is 0.333 e. The number of imidazole rings is 1. The van der Waals surface area contributed by atoms with Crippen LogP contribution in [0, 0.1) is 5.92 Å². The van der Waals surface area contributed by atoms with Crippen molar-refractivity contribution in [2.45, 2.75) is 44.3 Å². The van der Waals surface area contributed by atoms with Gasteiger partial charge in [-0.15, -0.1) is 0 Å². The average molecular weight is 514 g/mol. The normalized spacial score (nSPS) is 23.7. The first-order chi connectivity index (χ1) is 18.0. The zero-order chi connectivity index (χ0) is 25.5. The van der Waals surface area contributed by atoms with Crippen LogP contribution in [0.15, 0.2) is 31.4 Å². The number of morpholine rings is 1. The fourth-order valence-electron chi connectivity index (χ4n) is 5.83. The Morgan fingerprint density at radius 2 is 1.97 bits per heavy atom. The highest BCUT2D eigenvalue weighted by Crippen LogP contribution is 2.39. The Balaban J connectivity index is 1.28. The molecule has 3 aromatic rings. The van der Waals surface area contributed by atoms with E-state index in [9.17, 15) is 13.6 Å². The molecule has 3 aliphatic rings. The third kappa shape index (κ3) is 4.41. The number of nitrogens with zero attached hydrogens (tertiary/aromatic N) is 8. The van der Waals surface area contributed by atoms with Gasteiger partial charge in [0.05, 0.1) is 31.3 Å². The minimum Gasteiger partial charge on any atom is -0.378 e. The number of rotatable bonds is 7. The summed E-state index contributed by atoms with van der Waals surface area (Å²) in [5.74, 6) is 1.54. The molecule has 3 aliphatic heterocycles. The van der Waals surface area contributed by atoms with Gasteiger partial charge in [-0.2, -0.15) is 23.8 Å². The van der Waals surface area contributed by atoms with Crippen molar-refractivity contribution >= 4 is 28.8 Å². The van der Waals surface area contributed by atoms with E-state index < -0.39 is 6.55 Å². The standard InChI is InChI=1S/C24H29F2N9O2/c1-2-19(36)35-16-3-4-17(35)10-15(9-16)11-27-21-20-22(31-24(30-21)32-5-7-37-8-6-32)33(14-28-20)18-12-29-34(13-18)23(25)26/h2,12-17,23H,1,3-11H2,(H,27,30,31)/t15?,16-,17?/m0/s1. The maximum absolute atomic E-state index is 13.1. The number of amides is 1. The second-order valence-electron chi connectivity index (χ2n) is 9.77. The molecule has 1 N–H and O–H groups in total. The SMILES string of the molecule is C=CC(=O)N1C2CC[C@H]1CC(CNc1nc(N3CCOCC3)nc3c1ncn3-c1cnn(C(F)F)c1)C2. The molecular formula is C24H29F2N9O2. The molecule has 0 aromatic carbocycles. The number of ether oxygens (including phenoxy) is 1. The quantitative estimate of drug-likeness (QED) is 0.481. The summed E-state index contributed by atoms with van der Waals surface area (Å²) >= 11 is 0. The van der Waals surface area contributed by atoms with Crippen LogP contribution in [0.5, 0.6) is 0 Å². The van der Waals surface area contributed by atoms with E-state index in [1.165, 1.54) is 18.5 Å². The van der Waals surface area contributed by atoms with Gasteiger partial charge >= 0.3 is 6.55 Å². The van der Waals surface area contributed by atoms with Crippen molar-refractivity contribution < 1.29 is 18.3 Å². The molecule has 0 radical (unpaired) electrons. The number of hydrogen-bond donors (Lipinski definition) is 1. The molecule has 6 heterocycles. The van der Waals surface area contributed by atoms with Crippen molar-refractivity contribution in [3.8, 4) is 5.69 Å². The topological polar surface area (TPSA) is 106 Å². The molecule has 1 amide bonds. The number of piperidine rings is 1. The minimum atomic E-state index is -2.73.